The minimum atomic E-state index is 0.101. The summed E-state index contributed by atoms with van der Waals surface area (Å²) >= 11 is 0. The third-order valence-electron chi connectivity index (χ3n) is 6.95. The number of rotatable bonds is 8. The Balaban J connectivity index is 1.59. The first kappa shape index (κ1) is 22.4. The molecule has 0 aromatic heterocycles. The highest BCUT2D eigenvalue weighted by molar-refractivity contribution is 5.45. The normalized spacial score (nSPS) is 20.2. The molecule has 1 N–H and O–H groups in total. The first-order valence-corrected chi connectivity index (χ1v) is 11.5. The number of nitrogens with one attached hydrogen (secondary N) is 1. The molecule has 1 heteroatoms. The summed E-state index contributed by atoms with van der Waals surface area (Å²) in [4.78, 5) is 0. The van der Waals surface area contributed by atoms with Crippen molar-refractivity contribution in [2.45, 2.75) is 72.3 Å². The van der Waals surface area contributed by atoms with Crippen LogP contribution in [0.1, 0.15) is 65.5 Å². The quantitative estimate of drug-likeness (QED) is 0.473. The van der Waals surface area contributed by atoms with Crippen LogP contribution >= 0.6 is 0 Å². The monoisotopic (exact) mass is 401 g/mol. The van der Waals surface area contributed by atoms with Gasteiger partial charge in [-0.3, -0.25) is 0 Å². The zero-order valence-corrected chi connectivity index (χ0v) is 19.7. The van der Waals surface area contributed by atoms with Crippen molar-refractivity contribution in [3.63, 3.8) is 0 Å². The van der Waals surface area contributed by atoms with Gasteiger partial charge in [-0.25, -0.2) is 0 Å². The van der Waals surface area contributed by atoms with E-state index < -0.39 is 0 Å². The van der Waals surface area contributed by atoms with E-state index in [1.54, 1.807) is 0 Å². The third-order valence-corrected chi connectivity index (χ3v) is 6.95. The van der Waals surface area contributed by atoms with Crippen LogP contribution in [0.2, 0.25) is 0 Å². The van der Waals surface area contributed by atoms with Gasteiger partial charge >= 0.3 is 0 Å². The van der Waals surface area contributed by atoms with E-state index >= 15 is 0 Å². The summed E-state index contributed by atoms with van der Waals surface area (Å²) < 4.78 is 0. The zero-order valence-electron chi connectivity index (χ0n) is 19.7. The summed E-state index contributed by atoms with van der Waals surface area (Å²) in [5.74, 6) is 0.635. The van der Waals surface area contributed by atoms with Crippen LogP contribution in [0.3, 0.4) is 0 Å². The van der Waals surface area contributed by atoms with Crippen molar-refractivity contribution in [1.82, 2.24) is 0 Å². The molecule has 160 valence electrons. The zero-order chi connectivity index (χ0) is 21.8. The smallest absolute Gasteiger partial charge is 0.0342 e. The van der Waals surface area contributed by atoms with Crippen LogP contribution in [0.25, 0.3) is 0 Å². The van der Waals surface area contributed by atoms with Crippen molar-refractivity contribution in [2.75, 3.05) is 5.32 Å². The predicted octanol–water partition coefficient (Wildman–Crippen LogP) is 7.95. The molecule has 1 nitrogen and oxygen atoms in total. The molecule has 0 aliphatic heterocycles. The standard InChI is InChI=1S/C29H39N/c1-22(2)30-27-14-12-24(13-15-27)20-23(3)21-25-16-18-29(6,19-17-25)28(4,5)26-10-8-7-9-11-26/h7-18,22-23,30H,19-21H2,1-6H3. The van der Waals surface area contributed by atoms with Crippen molar-refractivity contribution in [1.29, 1.82) is 0 Å². The fraction of sp³-hybridized carbons (Fsp3) is 0.448. The Morgan fingerprint density at radius 2 is 1.60 bits per heavy atom. The number of benzene rings is 2. The average molecular weight is 402 g/mol. The van der Waals surface area contributed by atoms with Crippen LogP contribution in [0.15, 0.2) is 78.4 Å². The lowest BCUT2D eigenvalue weighted by atomic mass is 9.60. The molecule has 0 radical (unpaired) electrons. The highest BCUT2D eigenvalue weighted by Gasteiger charge is 2.40. The van der Waals surface area contributed by atoms with E-state index in [9.17, 15) is 0 Å². The summed E-state index contributed by atoms with van der Waals surface area (Å²) in [5.41, 5.74) is 5.77. The van der Waals surface area contributed by atoms with Gasteiger partial charge in [0.15, 0.2) is 0 Å². The molecule has 0 fully saturated rings. The van der Waals surface area contributed by atoms with Crippen LogP contribution in [-0.4, -0.2) is 6.04 Å². The molecule has 0 spiro atoms. The van der Waals surface area contributed by atoms with Crippen molar-refractivity contribution in [3.8, 4) is 0 Å². The van der Waals surface area contributed by atoms with Gasteiger partial charge < -0.3 is 5.32 Å². The largest absolute Gasteiger partial charge is 0.383 e. The Hall–Kier alpha value is -2.28. The van der Waals surface area contributed by atoms with E-state index in [1.807, 2.05) is 0 Å². The summed E-state index contributed by atoms with van der Waals surface area (Å²) in [7, 11) is 0. The van der Waals surface area contributed by atoms with Crippen LogP contribution in [0.5, 0.6) is 0 Å². The minimum Gasteiger partial charge on any atom is -0.383 e. The van der Waals surface area contributed by atoms with Crippen molar-refractivity contribution >= 4 is 5.69 Å². The minimum absolute atomic E-state index is 0.101. The number of allylic oxidation sites excluding steroid dienone is 4. The van der Waals surface area contributed by atoms with Crippen LogP contribution in [0.4, 0.5) is 5.69 Å². The molecular formula is C29H39N. The van der Waals surface area contributed by atoms with Gasteiger partial charge in [-0.2, -0.15) is 0 Å². The molecule has 3 rings (SSSR count). The number of hydrogen-bond acceptors (Lipinski definition) is 1. The number of anilines is 1. The summed E-state index contributed by atoms with van der Waals surface area (Å²) in [6.07, 6.45) is 10.7. The molecule has 0 saturated carbocycles. The Morgan fingerprint density at radius 1 is 0.933 bits per heavy atom. The van der Waals surface area contributed by atoms with Gasteiger partial charge in [0, 0.05) is 11.7 Å². The van der Waals surface area contributed by atoms with Crippen LogP contribution in [-0.2, 0) is 11.8 Å². The Morgan fingerprint density at radius 3 is 2.17 bits per heavy atom. The summed E-state index contributed by atoms with van der Waals surface area (Å²) in [6.45, 7) is 13.9. The summed E-state index contributed by atoms with van der Waals surface area (Å²) in [5, 5.41) is 3.46. The topological polar surface area (TPSA) is 12.0 Å². The number of hydrogen-bond donors (Lipinski definition) is 1. The van der Waals surface area contributed by atoms with E-state index in [-0.39, 0.29) is 10.8 Å². The van der Waals surface area contributed by atoms with Crippen molar-refractivity contribution in [2.24, 2.45) is 11.3 Å². The maximum atomic E-state index is 3.46. The van der Waals surface area contributed by atoms with Gasteiger partial charge in [0.2, 0.25) is 0 Å². The van der Waals surface area contributed by atoms with E-state index in [2.05, 4.69) is 120 Å². The van der Waals surface area contributed by atoms with Gasteiger partial charge in [0.05, 0.1) is 0 Å². The van der Waals surface area contributed by atoms with Crippen LogP contribution < -0.4 is 5.32 Å². The Bertz CT molecular complexity index is 870. The second-order valence-corrected chi connectivity index (χ2v) is 10.2. The van der Waals surface area contributed by atoms with Crippen molar-refractivity contribution in [3.05, 3.63) is 89.5 Å². The SMILES string of the molecule is CC(CC1=CCC(C)(C(C)(C)c2ccccc2)C=C1)Cc1ccc(NC(C)C)cc1. The molecule has 0 bridgehead atoms. The summed E-state index contributed by atoms with van der Waals surface area (Å²) in [6, 6.07) is 20.4. The second kappa shape index (κ2) is 9.25. The first-order valence-electron chi connectivity index (χ1n) is 11.5. The highest BCUT2D eigenvalue weighted by Crippen LogP contribution is 2.47. The van der Waals surface area contributed by atoms with E-state index in [4.69, 9.17) is 0 Å². The van der Waals surface area contributed by atoms with Gasteiger partial charge in [0.25, 0.3) is 0 Å². The lowest BCUT2D eigenvalue weighted by Gasteiger charge is -2.44. The molecule has 30 heavy (non-hydrogen) atoms. The molecule has 1 aliphatic carbocycles. The molecule has 2 atom stereocenters. The molecule has 2 aromatic carbocycles. The maximum absolute atomic E-state index is 3.46. The van der Waals surface area contributed by atoms with Gasteiger partial charge in [-0.1, -0.05) is 94.0 Å². The molecule has 0 saturated heterocycles. The average Bonchev–Trinajstić information content (AvgIpc) is 2.71. The predicted molar refractivity (Wildman–Crippen MR) is 132 cm³/mol. The first-order chi connectivity index (χ1) is 14.2. The van der Waals surface area contributed by atoms with Crippen LogP contribution in [0, 0.1) is 11.3 Å². The highest BCUT2D eigenvalue weighted by atomic mass is 14.9. The fourth-order valence-corrected chi connectivity index (χ4v) is 4.52. The maximum Gasteiger partial charge on any atom is 0.0342 e. The van der Waals surface area contributed by atoms with Gasteiger partial charge in [-0.15, -0.1) is 0 Å². The molecule has 1 aliphatic rings. The Kier molecular flexibility index (Phi) is 6.91. The third kappa shape index (κ3) is 5.25. The van der Waals surface area contributed by atoms with E-state index in [0.717, 1.165) is 19.3 Å². The molecular weight excluding hydrogens is 362 g/mol. The Labute approximate surface area is 184 Å². The molecule has 2 unspecified atom stereocenters. The fourth-order valence-electron chi connectivity index (χ4n) is 4.52. The lowest BCUT2D eigenvalue weighted by Crippen LogP contribution is -2.38. The van der Waals surface area contributed by atoms with Crippen molar-refractivity contribution < 1.29 is 0 Å². The lowest BCUT2D eigenvalue weighted by molar-refractivity contribution is 0.238. The molecule has 0 heterocycles. The second-order valence-electron chi connectivity index (χ2n) is 10.2. The van der Waals surface area contributed by atoms with Gasteiger partial charge in [-0.05, 0) is 73.1 Å². The van der Waals surface area contributed by atoms with E-state index in [1.165, 1.54) is 22.4 Å². The molecule has 0 amide bonds. The van der Waals surface area contributed by atoms with Gasteiger partial charge in [0.1, 0.15) is 0 Å². The molecule has 2 aromatic rings. The van der Waals surface area contributed by atoms with E-state index in [0.29, 0.717) is 12.0 Å².